The maximum Gasteiger partial charge on any atom is 0.136 e. The van der Waals surface area contributed by atoms with Crippen LogP contribution in [0.5, 0.6) is 0 Å². The maximum absolute atomic E-state index is 5.66. The van der Waals surface area contributed by atoms with Crippen molar-refractivity contribution in [1.82, 2.24) is 9.80 Å². The molecule has 2 aromatic carbocycles. The van der Waals surface area contributed by atoms with Crippen LogP contribution in [0, 0.1) is 0 Å². The second-order valence-corrected chi connectivity index (χ2v) is 8.92. The van der Waals surface area contributed by atoms with E-state index in [2.05, 4.69) is 84.6 Å². The Morgan fingerprint density at radius 1 is 1.00 bits per heavy atom. The molecular formula is C23H29ClN2S2. The zero-order valence-electron chi connectivity index (χ0n) is 16.6. The predicted molar refractivity (Wildman–Crippen MR) is 130 cm³/mol. The first-order valence-corrected chi connectivity index (χ1v) is 10.9. The van der Waals surface area contributed by atoms with Gasteiger partial charge in [0.25, 0.3) is 0 Å². The highest BCUT2D eigenvalue weighted by Gasteiger charge is 2.16. The minimum Gasteiger partial charge on any atom is -0.357 e. The molecule has 1 aliphatic heterocycles. The first kappa shape index (κ1) is 23.0. The van der Waals surface area contributed by atoms with Gasteiger partial charge in [-0.15, -0.1) is 12.4 Å². The zero-order chi connectivity index (χ0) is 19.1. The molecular weight excluding hydrogens is 404 g/mol. The van der Waals surface area contributed by atoms with Crippen LogP contribution in [0.3, 0.4) is 0 Å². The number of likely N-dealkylation sites (tertiary alicyclic amines) is 1. The Morgan fingerprint density at radius 3 is 2.25 bits per heavy atom. The van der Waals surface area contributed by atoms with Crippen LogP contribution in [0.1, 0.15) is 29.5 Å². The van der Waals surface area contributed by atoms with E-state index in [0.29, 0.717) is 0 Å². The van der Waals surface area contributed by atoms with E-state index in [9.17, 15) is 0 Å². The van der Waals surface area contributed by atoms with E-state index >= 15 is 0 Å². The highest BCUT2D eigenvalue weighted by atomic mass is 35.5. The van der Waals surface area contributed by atoms with Gasteiger partial charge in [0.05, 0.1) is 0 Å². The summed E-state index contributed by atoms with van der Waals surface area (Å²) in [5.74, 6) is 0.957. The van der Waals surface area contributed by atoms with E-state index in [1.54, 1.807) is 11.8 Å². The summed E-state index contributed by atoms with van der Waals surface area (Å²) in [6.45, 7) is 3.06. The SMILES string of the molecule is CN(C)Cc1ccc(C=C2CCN(C(=S)SCc3ccccc3)CC2)cc1.Cl. The van der Waals surface area contributed by atoms with E-state index in [0.717, 1.165) is 42.5 Å². The average Bonchev–Trinajstić information content (AvgIpc) is 2.69. The van der Waals surface area contributed by atoms with Crippen LogP contribution in [-0.2, 0) is 12.3 Å². The summed E-state index contributed by atoms with van der Waals surface area (Å²) in [6.07, 6.45) is 4.56. The fourth-order valence-corrected chi connectivity index (χ4v) is 4.46. The Hall–Kier alpha value is -1.33. The van der Waals surface area contributed by atoms with Gasteiger partial charge in [0.15, 0.2) is 0 Å². The van der Waals surface area contributed by atoms with Crippen molar-refractivity contribution < 1.29 is 0 Å². The third-order valence-electron chi connectivity index (χ3n) is 4.72. The largest absolute Gasteiger partial charge is 0.357 e. The molecule has 3 rings (SSSR count). The number of hydrogen-bond acceptors (Lipinski definition) is 3. The molecule has 0 atom stereocenters. The van der Waals surface area contributed by atoms with Gasteiger partial charge < -0.3 is 9.80 Å². The highest BCUT2D eigenvalue weighted by molar-refractivity contribution is 8.22. The first-order chi connectivity index (χ1) is 13.1. The molecule has 0 aliphatic carbocycles. The Kier molecular flexibility index (Phi) is 9.52. The summed E-state index contributed by atoms with van der Waals surface area (Å²) in [5.41, 5.74) is 5.53. The lowest BCUT2D eigenvalue weighted by Gasteiger charge is -2.30. The normalized spacial score (nSPS) is 14.0. The minimum atomic E-state index is 0. The minimum absolute atomic E-state index is 0. The van der Waals surface area contributed by atoms with Gasteiger partial charge in [0.2, 0.25) is 0 Å². The fraction of sp³-hybridized carbons (Fsp3) is 0.348. The van der Waals surface area contributed by atoms with Crippen LogP contribution >= 0.6 is 36.4 Å². The molecule has 2 nitrogen and oxygen atoms in total. The van der Waals surface area contributed by atoms with Gasteiger partial charge in [-0.05, 0) is 43.6 Å². The van der Waals surface area contributed by atoms with Gasteiger partial charge in [-0.1, -0.05) is 90.2 Å². The number of halogens is 1. The number of thiocarbonyl (C=S) groups is 1. The second kappa shape index (κ2) is 11.6. The van der Waals surface area contributed by atoms with Crippen LogP contribution < -0.4 is 0 Å². The average molecular weight is 433 g/mol. The number of piperidine rings is 1. The van der Waals surface area contributed by atoms with E-state index in [-0.39, 0.29) is 12.4 Å². The van der Waals surface area contributed by atoms with Crippen molar-refractivity contribution in [2.45, 2.75) is 25.1 Å². The number of benzene rings is 2. The lowest BCUT2D eigenvalue weighted by molar-refractivity contribution is 0.402. The molecule has 0 aromatic heterocycles. The molecule has 0 spiro atoms. The third kappa shape index (κ3) is 7.25. The highest BCUT2D eigenvalue weighted by Crippen LogP contribution is 2.24. The Labute approximate surface area is 185 Å². The summed E-state index contributed by atoms with van der Waals surface area (Å²) in [5, 5.41) is 0. The van der Waals surface area contributed by atoms with Crippen molar-refractivity contribution in [3.05, 3.63) is 76.9 Å². The molecule has 1 saturated heterocycles. The summed E-state index contributed by atoms with van der Waals surface area (Å²) in [4.78, 5) is 4.56. The van der Waals surface area contributed by atoms with Gasteiger partial charge in [-0.25, -0.2) is 0 Å². The first-order valence-electron chi connectivity index (χ1n) is 9.49. The molecule has 0 N–H and O–H groups in total. The number of thioether (sulfide) groups is 1. The molecule has 0 radical (unpaired) electrons. The number of rotatable bonds is 5. The summed E-state index contributed by atoms with van der Waals surface area (Å²) in [6, 6.07) is 19.5. The molecule has 1 fully saturated rings. The molecule has 0 saturated carbocycles. The van der Waals surface area contributed by atoms with E-state index in [1.165, 1.54) is 22.3 Å². The molecule has 0 unspecified atom stereocenters. The van der Waals surface area contributed by atoms with Crippen LogP contribution in [-0.4, -0.2) is 41.3 Å². The molecule has 1 aliphatic rings. The molecule has 5 heteroatoms. The maximum atomic E-state index is 5.66. The summed E-state index contributed by atoms with van der Waals surface area (Å²) in [7, 11) is 4.21. The van der Waals surface area contributed by atoms with Gasteiger partial charge in [0, 0.05) is 25.4 Å². The van der Waals surface area contributed by atoms with Crippen LogP contribution in [0.15, 0.2) is 60.2 Å². The van der Waals surface area contributed by atoms with Gasteiger partial charge in [-0.2, -0.15) is 0 Å². The van der Waals surface area contributed by atoms with Gasteiger partial charge >= 0.3 is 0 Å². The van der Waals surface area contributed by atoms with Gasteiger partial charge in [-0.3, -0.25) is 0 Å². The van der Waals surface area contributed by atoms with E-state index in [4.69, 9.17) is 12.2 Å². The molecule has 0 bridgehead atoms. The smallest absolute Gasteiger partial charge is 0.136 e. The topological polar surface area (TPSA) is 6.48 Å². The standard InChI is InChI=1S/C23H28N2S2.ClH/c1-24(2)17-21-10-8-19(9-11-21)16-20-12-14-25(15-13-20)23(26)27-18-22-6-4-3-5-7-22;/h3-11,16H,12-15,17-18H2,1-2H3;1H. The fourth-order valence-electron chi connectivity index (χ4n) is 3.25. The quantitative estimate of drug-likeness (QED) is 0.545. The van der Waals surface area contributed by atoms with Crippen LogP contribution in [0.25, 0.3) is 6.08 Å². The predicted octanol–water partition coefficient (Wildman–Crippen LogP) is 5.87. The molecule has 150 valence electrons. The lowest BCUT2D eigenvalue weighted by Crippen LogP contribution is -2.33. The van der Waals surface area contributed by atoms with Crippen LogP contribution in [0.4, 0.5) is 0 Å². The lowest BCUT2D eigenvalue weighted by atomic mass is 10.0. The number of nitrogens with zero attached hydrogens (tertiary/aromatic N) is 2. The van der Waals surface area contributed by atoms with Crippen LogP contribution in [0.2, 0.25) is 0 Å². The molecule has 0 amide bonds. The van der Waals surface area contributed by atoms with Crippen molar-refractivity contribution in [2.75, 3.05) is 27.2 Å². The zero-order valence-corrected chi connectivity index (χ0v) is 19.1. The van der Waals surface area contributed by atoms with Crippen molar-refractivity contribution in [2.24, 2.45) is 0 Å². The van der Waals surface area contributed by atoms with Gasteiger partial charge in [0.1, 0.15) is 4.32 Å². The van der Waals surface area contributed by atoms with E-state index < -0.39 is 0 Å². The summed E-state index contributed by atoms with van der Waals surface area (Å²) < 4.78 is 1.03. The monoisotopic (exact) mass is 432 g/mol. The summed E-state index contributed by atoms with van der Waals surface area (Å²) >= 11 is 7.44. The van der Waals surface area contributed by atoms with Crippen molar-refractivity contribution in [3.63, 3.8) is 0 Å². The Balaban J connectivity index is 0.00000280. The van der Waals surface area contributed by atoms with E-state index in [1.807, 2.05) is 0 Å². The number of hydrogen-bond donors (Lipinski definition) is 0. The van der Waals surface area contributed by atoms with Crippen molar-refractivity contribution >= 4 is 46.8 Å². The van der Waals surface area contributed by atoms with Crippen molar-refractivity contribution in [1.29, 1.82) is 0 Å². The third-order valence-corrected chi connectivity index (χ3v) is 6.31. The Morgan fingerprint density at radius 2 is 1.64 bits per heavy atom. The Bertz CT molecular complexity index is 763. The molecule has 2 aromatic rings. The van der Waals surface area contributed by atoms with Crippen molar-refractivity contribution in [3.8, 4) is 0 Å². The molecule has 28 heavy (non-hydrogen) atoms. The second-order valence-electron chi connectivity index (χ2n) is 7.31. The molecule has 1 heterocycles.